The van der Waals surface area contributed by atoms with E-state index in [2.05, 4.69) is 20.3 Å². The van der Waals surface area contributed by atoms with Crippen molar-refractivity contribution in [1.29, 1.82) is 0 Å². The maximum atomic E-state index is 14.8. The molecule has 204 valence electrons. The molecule has 0 amide bonds. The standard InChI is InChI=1S/C29H28FN7O2S/c1-4-23(27-35-24-12-8-11-22(30)25(24)28(38)37(27)19-9-6-5-7-10-19)34-26-21(16-33-29(31)36-26)18-13-20(15-32-14-18)40(39)17(2)3/h5-17,23H,4H2,1-3H3,(H3,31,33,34,36). The van der Waals surface area contributed by atoms with Crippen LogP contribution in [-0.2, 0) is 10.8 Å². The van der Waals surface area contributed by atoms with E-state index in [1.54, 1.807) is 55.0 Å². The third-order valence-electron chi connectivity index (χ3n) is 6.41. The Morgan fingerprint density at radius 2 is 1.82 bits per heavy atom. The first-order chi connectivity index (χ1) is 19.3. The number of fused-ring (bicyclic) bond motifs is 1. The second-order valence-electron chi connectivity index (χ2n) is 9.43. The number of nitrogens with zero attached hydrogens (tertiary/aromatic N) is 5. The van der Waals surface area contributed by atoms with Gasteiger partial charge in [-0.3, -0.25) is 18.6 Å². The van der Waals surface area contributed by atoms with Crippen LogP contribution in [0.2, 0.25) is 0 Å². The minimum absolute atomic E-state index is 0.0463. The number of nitrogens with two attached hydrogens (primary N) is 1. The number of halogens is 1. The van der Waals surface area contributed by atoms with E-state index >= 15 is 0 Å². The molecule has 3 N–H and O–H groups in total. The van der Waals surface area contributed by atoms with Gasteiger partial charge in [0, 0.05) is 35.0 Å². The molecule has 5 rings (SSSR count). The Hall–Kier alpha value is -4.51. The molecule has 0 aliphatic carbocycles. The number of aromatic nitrogens is 5. The normalized spacial score (nSPS) is 12.9. The molecule has 0 radical (unpaired) electrons. The van der Waals surface area contributed by atoms with Crippen LogP contribution < -0.4 is 16.6 Å². The molecule has 0 fully saturated rings. The first-order valence-electron chi connectivity index (χ1n) is 12.8. The average Bonchev–Trinajstić information content (AvgIpc) is 2.96. The molecule has 0 saturated heterocycles. The van der Waals surface area contributed by atoms with Crippen LogP contribution >= 0.6 is 0 Å². The van der Waals surface area contributed by atoms with Crippen molar-refractivity contribution in [2.24, 2.45) is 0 Å². The highest BCUT2D eigenvalue weighted by molar-refractivity contribution is 7.85. The summed E-state index contributed by atoms with van der Waals surface area (Å²) in [6, 6.07) is 14.6. The summed E-state index contributed by atoms with van der Waals surface area (Å²) < 4.78 is 29.0. The van der Waals surface area contributed by atoms with E-state index in [9.17, 15) is 13.4 Å². The average molecular weight is 558 g/mol. The zero-order valence-corrected chi connectivity index (χ0v) is 23.0. The van der Waals surface area contributed by atoms with Crippen LogP contribution in [0.25, 0.3) is 27.7 Å². The number of nitrogen functional groups attached to an aromatic ring is 1. The summed E-state index contributed by atoms with van der Waals surface area (Å²) in [7, 11) is -1.24. The molecule has 2 atom stereocenters. The number of nitrogens with one attached hydrogen (secondary N) is 1. The van der Waals surface area contributed by atoms with Crippen molar-refractivity contribution >= 4 is 33.5 Å². The number of hydrogen-bond donors (Lipinski definition) is 2. The maximum absolute atomic E-state index is 14.8. The summed E-state index contributed by atoms with van der Waals surface area (Å²) >= 11 is 0. The molecular weight excluding hydrogens is 529 g/mol. The van der Waals surface area contributed by atoms with E-state index in [-0.39, 0.29) is 22.1 Å². The van der Waals surface area contributed by atoms with Gasteiger partial charge in [0.15, 0.2) is 0 Å². The molecule has 5 aromatic rings. The van der Waals surface area contributed by atoms with Crippen LogP contribution in [-0.4, -0.2) is 34.0 Å². The van der Waals surface area contributed by atoms with Crippen LogP contribution in [0, 0.1) is 5.82 Å². The molecule has 3 heterocycles. The monoisotopic (exact) mass is 557 g/mol. The summed E-state index contributed by atoms with van der Waals surface area (Å²) in [5.41, 5.74) is 7.50. The van der Waals surface area contributed by atoms with E-state index < -0.39 is 28.2 Å². The van der Waals surface area contributed by atoms with Gasteiger partial charge in [-0.25, -0.2) is 14.4 Å². The Bertz CT molecular complexity index is 1780. The quantitative estimate of drug-likeness (QED) is 0.272. The van der Waals surface area contributed by atoms with Crippen molar-refractivity contribution in [3.05, 3.63) is 95.2 Å². The molecule has 3 aromatic heterocycles. The van der Waals surface area contributed by atoms with Gasteiger partial charge >= 0.3 is 0 Å². The summed E-state index contributed by atoms with van der Waals surface area (Å²) in [5.74, 6) is 0.184. The van der Waals surface area contributed by atoms with Crippen molar-refractivity contribution < 1.29 is 8.60 Å². The second kappa shape index (κ2) is 11.3. The van der Waals surface area contributed by atoms with E-state index in [1.807, 2.05) is 26.8 Å². The predicted octanol–water partition coefficient (Wildman–Crippen LogP) is 5.04. The number of benzene rings is 2. The van der Waals surface area contributed by atoms with Gasteiger partial charge in [0.2, 0.25) is 5.95 Å². The van der Waals surface area contributed by atoms with E-state index in [0.29, 0.717) is 39.8 Å². The first kappa shape index (κ1) is 27.1. The lowest BCUT2D eigenvalue weighted by atomic mass is 10.1. The summed E-state index contributed by atoms with van der Waals surface area (Å²) in [6.45, 7) is 5.69. The number of rotatable bonds is 8. The predicted molar refractivity (Wildman–Crippen MR) is 155 cm³/mol. The van der Waals surface area contributed by atoms with Gasteiger partial charge < -0.3 is 11.1 Å². The van der Waals surface area contributed by atoms with E-state index in [4.69, 9.17) is 10.7 Å². The van der Waals surface area contributed by atoms with Gasteiger partial charge in [-0.15, -0.1) is 0 Å². The van der Waals surface area contributed by atoms with Gasteiger partial charge in [0.1, 0.15) is 22.8 Å². The van der Waals surface area contributed by atoms with Crippen molar-refractivity contribution in [1.82, 2.24) is 24.5 Å². The lowest BCUT2D eigenvalue weighted by Gasteiger charge is -2.23. The smallest absolute Gasteiger partial charge is 0.269 e. The Labute approximate surface area is 232 Å². The van der Waals surface area contributed by atoms with Crippen molar-refractivity contribution in [3.8, 4) is 16.8 Å². The molecule has 40 heavy (non-hydrogen) atoms. The maximum Gasteiger partial charge on any atom is 0.269 e. The van der Waals surface area contributed by atoms with Crippen LogP contribution in [0.5, 0.6) is 0 Å². The zero-order valence-electron chi connectivity index (χ0n) is 22.2. The third-order valence-corrected chi connectivity index (χ3v) is 7.95. The molecular formula is C29H28FN7O2S. The molecule has 11 heteroatoms. The summed E-state index contributed by atoms with van der Waals surface area (Å²) in [6.07, 6.45) is 5.29. The Morgan fingerprint density at radius 3 is 2.55 bits per heavy atom. The molecule has 0 aliphatic rings. The van der Waals surface area contributed by atoms with E-state index in [1.165, 1.54) is 16.7 Å². The van der Waals surface area contributed by atoms with Crippen molar-refractivity contribution in [2.45, 2.75) is 43.4 Å². The fourth-order valence-electron chi connectivity index (χ4n) is 4.45. The van der Waals surface area contributed by atoms with Gasteiger partial charge in [0.05, 0.1) is 32.9 Å². The SMILES string of the molecule is CCC(Nc1nc(N)ncc1-c1cncc(S(=O)C(C)C)c1)c1nc2cccc(F)c2c(=O)n1-c1ccccc1. The van der Waals surface area contributed by atoms with Crippen molar-refractivity contribution in [2.75, 3.05) is 11.1 Å². The van der Waals surface area contributed by atoms with Crippen LogP contribution in [0.15, 0.2) is 82.9 Å². The number of hydrogen-bond acceptors (Lipinski definition) is 8. The molecule has 9 nitrogen and oxygen atoms in total. The zero-order chi connectivity index (χ0) is 28.4. The molecule has 2 aromatic carbocycles. The van der Waals surface area contributed by atoms with Gasteiger partial charge in [-0.1, -0.05) is 45.0 Å². The molecule has 0 aliphatic heterocycles. The minimum atomic E-state index is -1.24. The Morgan fingerprint density at radius 1 is 1.05 bits per heavy atom. The van der Waals surface area contributed by atoms with Gasteiger partial charge in [0.25, 0.3) is 5.56 Å². The second-order valence-corrected chi connectivity index (χ2v) is 11.4. The first-order valence-corrected chi connectivity index (χ1v) is 14.0. The fraction of sp³-hybridized carbons (Fsp3) is 0.207. The lowest BCUT2D eigenvalue weighted by Crippen LogP contribution is -2.29. The van der Waals surface area contributed by atoms with Crippen LogP contribution in [0.4, 0.5) is 16.2 Å². The summed E-state index contributed by atoms with van der Waals surface area (Å²) in [4.78, 5) is 32.0. The highest BCUT2D eigenvalue weighted by atomic mass is 32.2. The molecule has 0 saturated carbocycles. The Balaban J connectivity index is 1.66. The van der Waals surface area contributed by atoms with Gasteiger partial charge in [-0.05, 0) is 36.8 Å². The number of para-hydroxylation sites is 1. The topological polar surface area (TPSA) is 129 Å². The molecule has 0 spiro atoms. The highest BCUT2D eigenvalue weighted by Gasteiger charge is 2.23. The third kappa shape index (κ3) is 5.20. The minimum Gasteiger partial charge on any atom is -0.368 e. The van der Waals surface area contributed by atoms with Crippen molar-refractivity contribution in [3.63, 3.8) is 0 Å². The summed E-state index contributed by atoms with van der Waals surface area (Å²) in [5, 5.41) is 3.22. The van der Waals surface area contributed by atoms with Crippen LogP contribution in [0.3, 0.4) is 0 Å². The van der Waals surface area contributed by atoms with E-state index in [0.717, 1.165) is 0 Å². The highest BCUT2D eigenvalue weighted by Crippen LogP contribution is 2.31. The molecule has 2 unspecified atom stereocenters. The fourth-order valence-corrected chi connectivity index (χ4v) is 5.40. The Kier molecular flexibility index (Phi) is 7.65. The van der Waals surface area contributed by atoms with Crippen LogP contribution in [0.1, 0.15) is 39.1 Å². The number of anilines is 2. The largest absolute Gasteiger partial charge is 0.368 e. The van der Waals surface area contributed by atoms with Gasteiger partial charge in [-0.2, -0.15) is 4.98 Å². The lowest BCUT2D eigenvalue weighted by molar-refractivity contribution is 0.630. The number of pyridine rings is 1. The molecule has 0 bridgehead atoms.